The van der Waals surface area contributed by atoms with Crippen molar-refractivity contribution in [3.05, 3.63) is 85.8 Å². The van der Waals surface area contributed by atoms with Gasteiger partial charge in [0.15, 0.2) is 0 Å². The van der Waals surface area contributed by atoms with Crippen LogP contribution in [-0.2, 0) is 19.5 Å². The monoisotopic (exact) mass is 385 g/mol. The third-order valence-corrected chi connectivity index (χ3v) is 5.05. The van der Waals surface area contributed by atoms with E-state index < -0.39 is 0 Å². The van der Waals surface area contributed by atoms with Gasteiger partial charge in [0.2, 0.25) is 0 Å². The first-order chi connectivity index (χ1) is 12.6. The Labute approximate surface area is 161 Å². The average molecular weight is 386 g/mol. The zero-order chi connectivity index (χ0) is 18.1. The first-order valence-electron chi connectivity index (χ1n) is 8.43. The second kappa shape index (κ2) is 7.23. The fourth-order valence-corrected chi connectivity index (χ4v) is 3.61. The van der Waals surface area contributed by atoms with E-state index in [0.717, 1.165) is 40.5 Å². The highest BCUT2D eigenvalue weighted by atomic mass is 35.5. The molecule has 4 rings (SSSR count). The van der Waals surface area contributed by atoms with Gasteiger partial charge in [-0.25, -0.2) is 4.98 Å². The number of nitrogens with one attached hydrogen (secondary N) is 1. The molecule has 2 heterocycles. The van der Waals surface area contributed by atoms with Crippen LogP contribution in [0.1, 0.15) is 16.8 Å². The minimum absolute atomic E-state index is 0.0534. The molecule has 0 saturated carbocycles. The van der Waals surface area contributed by atoms with Crippen molar-refractivity contribution < 1.29 is 0 Å². The molecule has 0 amide bonds. The van der Waals surface area contributed by atoms with Gasteiger partial charge in [-0.05, 0) is 48.4 Å². The van der Waals surface area contributed by atoms with Crippen LogP contribution >= 0.6 is 23.2 Å². The molecule has 6 heteroatoms. The molecule has 2 aromatic carbocycles. The molecule has 0 atom stereocenters. The fraction of sp³-hybridized carbons (Fsp3) is 0.200. The van der Waals surface area contributed by atoms with Crippen LogP contribution in [-0.4, -0.2) is 21.4 Å². The van der Waals surface area contributed by atoms with E-state index in [1.165, 1.54) is 0 Å². The Morgan fingerprint density at radius 1 is 1.08 bits per heavy atom. The first kappa shape index (κ1) is 17.3. The summed E-state index contributed by atoms with van der Waals surface area (Å²) < 4.78 is 0. The van der Waals surface area contributed by atoms with Crippen molar-refractivity contribution in [2.75, 3.05) is 6.54 Å². The maximum atomic E-state index is 12.5. The van der Waals surface area contributed by atoms with E-state index in [0.29, 0.717) is 23.8 Å². The number of nitrogens with zero attached hydrogens (tertiary/aromatic N) is 2. The van der Waals surface area contributed by atoms with Crippen LogP contribution in [0.2, 0.25) is 10.0 Å². The fourth-order valence-electron chi connectivity index (χ4n) is 3.27. The van der Waals surface area contributed by atoms with Gasteiger partial charge in [0.05, 0.1) is 5.69 Å². The van der Waals surface area contributed by atoms with Gasteiger partial charge in [0.1, 0.15) is 5.82 Å². The van der Waals surface area contributed by atoms with E-state index in [4.69, 9.17) is 28.2 Å². The number of halogens is 2. The molecule has 132 valence electrons. The van der Waals surface area contributed by atoms with Gasteiger partial charge in [0.25, 0.3) is 5.56 Å². The molecule has 4 nitrogen and oxygen atoms in total. The molecular formula is C20H17Cl2N3O. The minimum atomic E-state index is -0.0534. The summed E-state index contributed by atoms with van der Waals surface area (Å²) in [6, 6.07) is 15.2. The van der Waals surface area contributed by atoms with Crippen molar-refractivity contribution in [3.8, 4) is 11.4 Å². The van der Waals surface area contributed by atoms with Gasteiger partial charge in [-0.1, -0.05) is 35.3 Å². The number of benzene rings is 2. The third kappa shape index (κ3) is 3.68. The van der Waals surface area contributed by atoms with Gasteiger partial charge in [0, 0.05) is 40.8 Å². The van der Waals surface area contributed by atoms with Crippen LogP contribution < -0.4 is 5.56 Å². The lowest BCUT2D eigenvalue weighted by Gasteiger charge is -2.27. The predicted molar refractivity (Wildman–Crippen MR) is 105 cm³/mol. The molecule has 0 spiro atoms. The molecular weight excluding hydrogens is 369 g/mol. The van der Waals surface area contributed by atoms with Gasteiger partial charge in [-0.2, -0.15) is 0 Å². The summed E-state index contributed by atoms with van der Waals surface area (Å²) in [6.07, 6.45) is 0.694. The van der Waals surface area contributed by atoms with E-state index in [-0.39, 0.29) is 5.56 Å². The number of fused-ring (bicyclic) bond motifs is 1. The maximum Gasteiger partial charge on any atom is 0.254 e. The number of H-pyrrole nitrogens is 1. The Hall–Kier alpha value is -2.14. The second-order valence-electron chi connectivity index (χ2n) is 6.44. The molecule has 0 radical (unpaired) electrons. The van der Waals surface area contributed by atoms with Crippen molar-refractivity contribution in [1.29, 1.82) is 0 Å². The van der Waals surface area contributed by atoms with Gasteiger partial charge in [-0.3, -0.25) is 9.69 Å². The van der Waals surface area contributed by atoms with Crippen molar-refractivity contribution >= 4 is 23.2 Å². The van der Waals surface area contributed by atoms with Crippen LogP contribution in [0.25, 0.3) is 11.4 Å². The lowest BCUT2D eigenvalue weighted by molar-refractivity contribution is 0.240. The molecule has 0 fully saturated rings. The summed E-state index contributed by atoms with van der Waals surface area (Å²) >= 11 is 12.0. The third-order valence-electron chi connectivity index (χ3n) is 4.57. The Morgan fingerprint density at radius 3 is 2.65 bits per heavy atom. The SMILES string of the molecule is O=c1[nH]c(-c2ccc(Cl)cc2)nc2c1CCN(Cc1cccc(Cl)c1)C2. The van der Waals surface area contributed by atoms with Crippen molar-refractivity contribution in [3.63, 3.8) is 0 Å². The summed E-state index contributed by atoms with van der Waals surface area (Å²) in [5.41, 5.74) is 3.57. The van der Waals surface area contributed by atoms with E-state index in [1.807, 2.05) is 30.3 Å². The minimum Gasteiger partial charge on any atom is -0.306 e. The number of aromatic amines is 1. The Morgan fingerprint density at radius 2 is 1.88 bits per heavy atom. The smallest absolute Gasteiger partial charge is 0.254 e. The maximum absolute atomic E-state index is 12.5. The Balaban J connectivity index is 1.61. The molecule has 1 N–H and O–H groups in total. The number of hydrogen-bond donors (Lipinski definition) is 1. The normalized spacial score (nSPS) is 14.2. The molecule has 1 aliphatic heterocycles. The highest BCUT2D eigenvalue weighted by Crippen LogP contribution is 2.22. The lowest BCUT2D eigenvalue weighted by atomic mass is 10.0. The summed E-state index contributed by atoms with van der Waals surface area (Å²) in [4.78, 5) is 22.4. The van der Waals surface area contributed by atoms with Gasteiger partial charge >= 0.3 is 0 Å². The van der Waals surface area contributed by atoms with Crippen LogP contribution in [0.4, 0.5) is 0 Å². The van der Waals surface area contributed by atoms with Crippen molar-refractivity contribution in [2.45, 2.75) is 19.5 Å². The van der Waals surface area contributed by atoms with E-state index >= 15 is 0 Å². The summed E-state index contributed by atoms with van der Waals surface area (Å²) in [6.45, 7) is 2.25. The summed E-state index contributed by atoms with van der Waals surface area (Å²) in [5.74, 6) is 0.579. The summed E-state index contributed by atoms with van der Waals surface area (Å²) in [7, 11) is 0. The van der Waals surface area contributed by atoms with Crippen molar-refractivity contribution in [2.24, 2.45) is 0 Å². The number of aromatic nitrogens is 2. The molecule has 0 saturated heterocycles. The number of rotatable bonds is 3. The highest BCUT2D eigenvalue weighted by Gasteiger charge is 2.21. The number of hydrogen-bond acceptors (Lipinski definition) is 3. The van der Waals surface area contributed by atoms with E-state index in [9.17, 15) is 4.79 Å². The topological polar surface area (TPSA) is 49.0 Å². The molecule has 1 aromatic heterocycles. The Bertz CT molecular complexity index is 999. The molecule has 0 bridgehead atoms. The average Bonchev–Trinajstić information content (AvgIpc) is 2.62. The quantitative estimate of drug-likeness (QED) is 0.730. The summed E-state index contributed by atoms with van der Waals surface area (Å²) in [5, 5.41) is 1.39. The van der Waals surface area contributed by atoms with Crippen LogP contribution in [0.5, 0.6) is 0 Å². The zero-order valence-electron chi connectivity index (χ0n) is 14.0. The molecule has 3 aromatic rings. The van der Waals surface area contributed by atoms with Crippen LogP contribution in [0.15, 0.2) is 53.3 Å². The highest BCUT2D eigenvalue weighted by molar-refractivity contribution is 6.30. The Kier molecular flexibility index (Phi) is 4.81. The van der Waals surface area contributed by atoms with Crippen molar-refractivity contribution in [1.82, 2.24) is 14.9 Å². The molecule has 1 aliphatic rings. The largest absolute Gasteiger partial charge is 0.306 e. The second-order valence-corrected chi connectivity index (χ2v) is 7.31. The van der Waals surface area contributed by atoms with E-state index in [1.54, 1.807) is 12.1 Å². The van der Waals surface area contributed by atoms with Crippen LogP contribution in [0, 0.1) is 0 Å². The van der Waals surface area contributed by atoms with E-state index in [2.05, 4.69) is 16.0 Å². The predicted octanol–water partition coefficient (Wildman–Crippen LogP) is 4.30. The standard InChI is InChI=1S/C20H17Cl2N3O/c21-15-6-4-14(5-7-15)19-23-18-12-25(9-8-17(18)20(26)24-19)11-13-2-1-3-16(22)10-13/h1-7,10H,8-9,11-12H2,(H,23,24,26). The molecule has 0 aliphatic carbocycles. The molecule has 0 unspecified atom stereocenters. The lowest BCUT2D eigenvalue weighted by Crippen LogP contribution is -2.35. The first-order valence-corrected chi connectivity index (χ1v) is 9.19. The van der Waals surface area contributed by atoms with Gasteiger partial charge in [-0.15, -0.1) is 0 Å². The molecule has 26 heavy (non-hydrogen) atoms. The van der Waals surface area contributed by atoms with Gasteiger partial charge < -0.3 is 4.98 Å². The van der Waals surface area contributed by atoms with Crippen LogP contribution in [0.3, 0.4) is 0 Å². The zero-order valence-corrected chi connectivity index (χ0v) is 15.5.